The van der Waals surface area contributed by atoms with E-state index >= 15 is 0 Å². The molecule has 0 spiro atoms. The van der Waals surface area contributed by atoms with Gasteiger partial charge in [-0.2, -0.15) is 0 Å². The highest BCUT2D eigenvalue weighted by molar-refractivity contribution is 5.97. The smallest absolute Gasteiger partial charge is 0.340 e. The molecule has 0 radical (unpaired) electrons. The molecule has 1 unspecified atom stereocenters. The topological polar surface area (TPSA) is 55.6 Å². The van der Waals surface area contributed by atoms with Gasteiger partial charge in [0.25, 0.3) is 0 Å². The van der Waals surface area contributed by atoms with E-state index in [2.05, 4.69) is 11.8 Å². The molecule has 1 saturated heterocycles. The highest BCUT2D eigenvalue weighted by Gasteiger charge is 2.24. The number of esters is 1. The van der Waals surface area contributed by atoms with Crippen molar-refractivity contribution in [1.29, 1.82) is 0 Å². The van der Waals surface area contributed by atoms with Gasteiger partial charge >= 0.3 is 5.97 Å². The SMILES string of the molecule is CCC1CCCCCN1c1ccc(N)cc1C(=O)OC. The van der Waals surface area contributed by atoms with Crippen LogP contribution < -0.4 is 10.6 Å². The van der Waals surface area contributed by atoms with E-state index in [1.54, 1.807) is 6.07 Å². The minimum absolute atomic E-state index is 0.314. The molecule has 0 bridgehead atoms. The summed E-state index contributed by atoms with van der Waals surface area (Å²) in [5, 5.41) is 0. The van der Waals surface area contributed by atoms with Gasteiger partial charge < -0.3 is 15.4 Å². The summed E-state index contributed by atoms with van der Waals surface area (Å²) < 4.78 is 4.90. The molecule has 1 fully saturated rings. The Bertz CT molecular complexity index is 474. The van der Waals surface area contributed by atoms with Gasteiger partial charge in [0.15, 0.2) is 0 Å². The van der Waals surface area contributed by atoms with Crippen molar-refractivity contribution in [2.75, 3.05) is 24.3 Å². The Morgan fingerprint density at radius 3 is 2.90 bits per heavy atom. The molecule has 0 aromatic heterocycles. The lowest BCUT2D eigenvalue weighted by Crippen LogP contribution is -2.35. The van der Waals surface area contributed by atoms with Crippen molar-refractivity contribution in [2.45, 2.75) is 45.1 Å². The fourth-order valence-corrected chi connectivity index (χ4v) is 3.00. The van der Waals surface area contributed by atoms with E-state index in [9.17, 15) is 4.79 Å². The second-order valence-corrected chi connectivity index (χ2v) is 5.37. The Kier molecular flexibility index (Phi) is 4.88. The van der Waals surface area contributed by atoms with Crippen LogP contribution in [-0.2, 0) is 4.74 Å². The van der Waals surface area contributed by atoms with Crippen molar-refractivity contribution in [1.82, 2.24) is 0 Å². The molecule has 2 N–H and O–H groups in total. The van der Waals surface area contributed by atoms with Crippen molar-refractivity contribution in [3.63, 3.8) is 0 Å². The van der Waals surface area contributed by atoms with Gasteiger partial charge in [0, 0.05) is 18.3 Å². The van der Waals surface area contributed by atoms with E-state index in [4.69, 9.17) is 10.5 Å². The molecule has 0 aliphatic carbocycles. The van der Waals surface area contributed by atoms with Crippen molar-refractivity contribution < 1.29 is 9.53 Å². The molecule has 110 valence electrons. The first-order valence-electron chi connectivity index (χ1n) is 7.41. The zero-order chi connectivity index (χ0) is 14.5. The first-order valence-corrected chi connectivity index (χ1v) is 7.41. The molecule has 1 aromatic rings. The van der Waals surface area contributed by atoms with E-state index < -0.39 is 0 Å². The Morgan fingerprint density at radius 1 is 1.40 bits per heavy atom. The van der Waals surface area contributed by atoms with Crippen LogP contribution in [0.4, 0.5) is 11.4 Å². The van der Waals surface area contributed by atoms with Gasteiger partial charge in [0.2, 0.25) is 0 Å². The summed E-state index contributed by atoms with van der Waals surface area (Å²) >= 11 is 0. The number of rotatable bonds is 3. The van der Waals surface area contributed by atoms with Gasteiger partial charge in [-0.1, -0.05) is 19.8 Å². The zero-order valence-electron chi connectivity index (χ0n) is 12.4. The number of nitrogen functional groups attached to an aromatic ring is 1. The number of nitrogens with two attached hydrogens (primary N) is 1. The van der Waals surface area contributed by atoms with Crippen LogP contribution in [0.5, 0.6) is 0 Å². The molecule has 1 atom stereocenters. The molecular formula is C16H24N2O2. The Balaban J connectivity index is 2.40. The molecule has 1 aliphatic rings. The molecule has 1 heterocycles. The summed E-state index contributed by atoms with van der Waals surface area (Å²) in [6.45, 7) is 3.20. The Labute approximate surface area is 120 Å². The molecule has 1 aromatic carbocycles. The maximum atomic E-state index is 12.0. The van der Waals surface area contributed by atoms with Crippen molar-refractivity contribution in [3.05, 3.63) is 23.8 Å². The predicted octanol–water partition coefficient (Wildman–Crippen LogP) is 3.21. The van der Waals surface area contributed by atoms with Gasteiger partial charge in [-0.05, 0) is 37.5 Å². The average molecular weight is 276 g/mol. The Morgan fingerprint density at radius 2 is 2.20 bits per heavy atom. The second-order valence-electron chi connectivity index (χ2n) is 5.37. The van der Waals surface area contributed by atoms with E-state index in [-0.39, 0.29) is 5.97 Å². The van der Waals surface area contributed by atoms with Crippen LogP contribution in [-0.4, -0.2) is 25.7 Å². The first-order chi connectivity index (χ1) is 9.67. The number of anilines is 2. The second kappa shape index (κ2) is 6.64. The Hall–Kier alpha value is -1.71. The third kappa shape index (κ3) is 3.06. The highest BCUT2D eigenvalue weighted by atomic mass is 16.5. The van der Waals surface area contributed by atoms with E-state index in [0.29, 0.717) is 17.3 Å². The molecule has 4 nitrogen and oxygen atoms in total. The number of carbonyl (C=O) groups is 1. The number of benzene rings is 1. The summed E-state index contributed by atoms with van der Waals surface area (Å²) in [4.78, 5) is 14.4. The van der Waals surface area contributed by atoms with Gasteiger partial charge in [-0.15, -0.1) is 0 Å². The van der Waals surface area contributed by atoms with Crippen LogP contribution in [0.25, 0.3) is 0 Å². The number of methoxy groups -OCH3 is 1. The van der Waals surface area contributed by atoms with Crippen LogP contribution in [0.1, 0.15) is 49.4 Å². The largest absolute Gasteiger partial charge is 0.465 e. The van der Waals surface area contributed by atoms with Crippen LogP contribution in [0.2, 0.25) is 0 Å². The lowest BCUT2D eigenvalue weighted by Gasteiger charge is -2.32. The molecule has 20 heavy (non-hydrogen) atoms. The van der Waals surface area contributed by atoms with Crippen LogP contribution >= 0.6 is 0 Å². The van der Waals surface area contributed by atoms with E-state index in [1.165, 1.54) is 32.8 Å². The summed E-state index contributed by atoms with van der Waals surface area (Å²) in [5.41, 5.74) is 7.95. The number of nitrogens with zero attached hydrogens (tertiary/aromatic N) is 1. The van der Waals surface area contributed by atoms with Crippen molar-refractivity contribution in [3.8, 4) is 0 Å². The van der Waals surface area contributed by atoms with Crippen molar-refractivity contribution in [2.24, 2.45) is 0 Å². The zero-order valence-corrected chi connectivity index (χ0v) is 12.4. The minimum Gasteiger partial charge on any atom is -0.465 e. The summed E-state index contributed by atoms with van der Waals surface area (Å²) in [5.74, 6) is -0.314. The van der Waals surface area contributed by atoms with E-state index in [0.717, 1.165) is 18.7 Å². The number of hydrogen-bond donors (Lipinski definition) is 1. The molecule has 0 amide bonds. The lowest BCUT2D eigenvalue weighted by atomic mass is 10.0. The molecule has 0 saturated carbocycles. The molecular weight excluding hydrogens is 252 g/mol. The van der Waals surface area contributed by atoms with E-state index in [1.807, 2.05) is 12.1 Å². The summed E-state index contributed by atoms with van der Waals surface area (Å²) in [7, 11) is 1.41. The molecule has 1 aliphatic heterocycles. The number of carbonyl (C=O) groups excluding carboxylic acids is 1. The first kappa shape index (κ1) is 14.7. The number of ether oxygens (including phenoxy) is 1. The summed E-state index contributed by atoms with van der Waals surface area (Å²) in [6, 6.07) is 6.03. The number of hydrogen-bond acceptors (Lipinski definition) is 4. The third-order valence-electron chi connectivity index (χ3n) is 4.08. The summed E-state index contributed by atoms with van der Waals surface area (Å²) in [6.07, 6.45) is 5.96. The van der Waals surface area contributed by atoms with Crippen LogP contribution in [0, 0.1) is 0 Å². The predicted molar refractivity (Wildman–Crippen MR) is 82.1 cm³/mol. The monoisotopic (exact) mass is 276 g/mol. The maximum Gasteiger partial charge on any atom is 0.340 e. The van der Waals surface area contributed by atoms with Gasteiger partial charge in [0.05, 0.1) is 18.4 Å². The standard InChI is InChI=1S/C16H24N2O2/c1-3-13-7-5-4-6-10-18(13)15-9-8-12(17)11-14(15)16(19)20-2/h8-9,11,13H,3-7,10,17H2,1-2H3. The third-order valence-corrected chi connectivity index (χ3v) is 4.08. The van der Waals surface area contributed by atoms with Gasteiger partial charge in [0.1, 0.15) is 0 Å². The fraction of sp³-hybridized carbons (Fsp3) is 0.562. The van der Waals surface area contributed by atoms with Gasteiger partial charge in [-0.25, -0.2) is 4.79 Å². The quantitative estimate of drug-likeness (QED) is 0.680. The maximum absolute atomic E-state index is 12.0. The van der Waals surface area contributed by atoms with Crippen LogP contribution in [0.15, 0.2) is 18.2 Å². The highest BCUT2D eigenvalue weighted by Crippen LogP contribution is 2.30. The molecule has 4 heteroatoms. The van der Waals surface area contributed by atoms with Gasteiger partial charge in [-0.3, -0.25) is 0 Å². The van der Waals surface area contributed by atoms with Crippen LogP contribution in [0.3, 0.4) is 0 Å². The van der Waals surface area contributed by atoms with Crippen molar-refractivity contribution >= 4 is 17.3 Å². The fourth-order valence-electron chi connectivity index (χ4n) is 3.00. The normalized spacial score (nSPS) is 19.5. The minimum atomic E-state index is -0.314. The molecule has 2 rings (SSSR count). The lowest BCUT2D eigenvalue weighted by molar-refractivity contribution is 0.0601. The average Bonchev–Trinajstić information content (AvgIpc) is 2.71.